The van der Waals surface area contributed by atoms with E-state index in [-0.39, 0.29) is 18.2 Å². The Kier molecular flexibility index (Phi) is 6.37. The van der Waals surface area contributed by atoms with Gasteiger partial charge in [-0.05, 0) is 29.8 Å². The van der Waals surface area contributed by atoms with Gasteiger partial charge in [-0.1, -0.05) is 6.07 Å². The van der Waals surface area contributed by atoms with E-state index >= 15 is 0 Å². The van der Waals surface area contributed by atoms with Crippen molar-refractivity contribution < 1.29 is 23.9 Å². The molecule has 138 valence electrons. The molecule has 2 rings (SSSR count). The number of methoxy groups -OCH3 is 2. The molecule has 0 aliphatic heterocycles. The Balaban J connectivity index is 1.92. The summed E-state index contributed by atoms with van der Waals surface area (Å²) in [5.74, 6) is 1.38. The predicted octanol–water partition coefficient (Wildman–Crippen LogP) is 2.65. The molecule has 26 heavy (non-hydrogen) atoms. The maximum absolute atomic E-state index is 12.2. The molecule has 8 nitrogen and oxygen atoms in total. The third-order valence-electron chi connectivity index (χ3n) is 3.70. The number of ether oxygens (including phenoxy) is 3. The minimum Gasteiger partial charge on any atom is -0.493 e. The number of non-ortho nitro benzene ring substituents is 1. The van der Waals surface area contributed by atoms with Gasteiger partial charge in [-0.2, -0.15) is 0 Å². The molecule has 0 aliphatic carbocycles. The highest BCUT2D eigenvalue weighted by atomic mass is 16.6. The Morgan fingerprint density at radius 3 is 2.31 bits per heavy atom. The first-order valence-corrected chi connectivity index (χ1v) is 7.76. The number of benzene rings is 2. The molecule has 2 aromatic carbocycles. The number of likely N-dealkylation sites (N-methyl/N-ethyl adjacent to an activating group) is 1. The zero-order chi connectivity index (χ0) is 19.1. The summed E-state index contributed by atoms with van der Waals surface area (Å²) in [6, 6.07) is 11.0. The molecule has 1 amide bonds. The summed E-state index contributed by atoms with van der Waals surface area (Å²) in [4.78, 5) is 23.9. The smallest absolute Gasteiger partial charge is 0.269 e. The van der Waals surface area contributed by atoms with Crippen molar-refractivity contribution in [2.45, 2.75) is 6.54 Å². The lowest BCUT2D eigenvalue weighted by molar-refractivity contribution is -0.384. The standard InChI is InChI=1S/C18H20N2O6/c1-19(11-13-4-9-16(24-2)17(10-13)25-3)18(21)12-26-15-7-5-14(6-8-15)20(22)23/h4-10H,11-12H2,1-3H3. The fourth-order valence-electron chi connectivity index (χ4n) is 2.26. The number of carbonyl (C=O) groups is 1. The Hall–Kier alpha value is -3.29. The minimum atomic E-state index is -0.494. The lowest BCUT2D eigenvalue weighted by atomic mass is 10.2. The summed E-state index contributed by atoms with van der Waals surface area (Å²) in [5.41, 5.74) is 0.850. The molecule has 0 radical (unpaired) electrons. The Bertz CT molecular complexity index is 776. The maximum atomic E-state index is 12.2. The van der Waals surface area contributed by atoms with Crippen molar-refractivity contribution >= 4 is 11.6 Å². The summed E-state index contributed by atoms with van der Waals surface area (Å²) in [5, 5.41) is 10.6. The highest BCUT2D eigenvalue weighted by Gasteiger charge is 2.13. The van der Waals surface area contributed by atoms with E-state index in [0.717, 1.165) is 5.56 Å². The number of nitro benzene ring substituents is 1. The zero-order valence-electron chi connectivity index (χ0n) is 14.8. The van der Waals surface area contributed by atoms with Gasteiger partial charge in [-0.15, -0.1) is 0 Å². The van der Waals surface area contributed by atoms with Gasteiger partial charge in [0.1, 0.15) is 5.75 Å². The minimum absolute atomic E-state index is 0.0331. The third kappa shape index (κ3) is 4.85. The van der Waals surface area contributed by atoms with Crippen molar-refractivity contribution in [2.75, 3.05) is 27.9 Å². The van der Waals surface area contributed by atoms with Crippen LogP contribution >= 0.6 is 0 Å². The average molecular weight is 360 g/mol. The van der Waals surface area contributed by atoms with E-state index in [0.29, 0.717) is 23.8 Å². The molecule has 0 unspecified atom stereocenters. The summed E-state index contributed by atoms with van der Waals surface area (Å²) in [7, 11) is 4.77. The summed E-state index contributed by atoms with van der Waals surface area (Å²) >= 11 is 0. The summed E-state index contributed by atoms with van der Waals surface area (Å²) in [6.07, 6.45) is 0. The predicted molar refractivity (Wildman–Crippen MR) is 94.6 cm³/mol. The van der Waals surface area contributed by atoms with Crippen molar-refractivity contribution in [2.24, 2.45) is 0 Å². The van der Waals surface area contributed by atoms with Gasteiger partial charge in [0.2, 0.25) is 0 Å². The molecule has 0 aliphatic rings. The number of nitro groups is 1. The van der Waals surface area contributed by atoms with Crippen molar-refractivity contribution in [3.63, 3.8) is 0 Å². The number of rotatable bonds is 8. The van der Waals surface area contributed by atoms with E-state index in [1.807, 2.05) is 6.07 Å². The fraction of sp³-hybridized carbons (Fsp3) is 0.278. The summed E-state index contributed by atoms with van der Waals surface area (Å²) < 4.78 is 15.8. The van der Waals surface area contributed by atoms with Crippen LogP contribution in [0.1, 0.15) is 5.56 Å². The van der Waals surface area contributed by atoms with Gasteiger partial charge < -0.3 is 19.1 Å². The van der Waals surface area contributed by atoms with Crippen LogP contribution < -0.4 is 14.2 Å². The highest BCUT2D eigenvalue weighted by molar-refractivity contribution is 5.77. The second kappa shape index (κ2) is 8.70. The molecule has 0 bridgehead atoms. The van der Waals surface area contributed by atoms with Crippen molar-refractivity contribution in [1.82, 2.24) is 4.90 Å². The lowest BCUT2D eigenvalue weighted by Crippen LogP contribution is -2.30. The van der Waals surface area contributed by atoms with Crippen LogP contribution in [0.2, 0.25) is 0 Å². The second-order valence-corrected chi connectivity index (χ2v) is 5.48. The molecule has 0 atom stereocenters. The van der Waals surface area contributed by atoms with E-state index in [1.165, 1.54) is 29.2 Å². The molecule has 0 spiro atoms. The van der Waals surface area contributed by atoms with Crippen molar-refractivity contribution in [3.05, 3.63) is 58.1 Å². The van der Waals surface area contributed by atoms with Crippen LogP contribution in [0.4, 0.5) is 5.69 Å². The highest BCUT2D eigenvalue weighted by Crippen LogP contribution is 2.28. The first kappa shape index (κ1) is 19.0. The van der Waals surface area contributed by atoms with Crippen LogP contribution in [0.25, 0.3) is 0 Å². The number of hydrogen-bond donors (Lipinski definition) is 0. The van der Waals surface area contributed by atoms with Gasteiger partial charge in [0.15, 0.2) is 18.1 Å². The molecule has 2 aromatic rings. The molecule has 0 aromatic heterocycles. The number of nitrogens with zero attached hydrogens (tertiary/aromatic N) is 2. The van der Waals surface area contributed by atoms with E-state index in [1.54, 1.807) is 33.4 Å². The van der Waals surface area contributed by atoms with Gasteiger partial charge in [-0.25, -0.2) is 0 Å². The fourth-order valence-corrected chi connectivity index (χ4v) is 2.26. The van der Waals surface area contributed by atoms with Gasteiger partial charge in [0, 0.05) is 25.7 Å². The van der Waals surface area contributed by atoms with Crippen molar-refractivity contribution in [1.29, 1.82) is 0 Å². The molecule has 8 heteroatoms. The molecule has 0 saturated heterocycles. The lowest BCUT2D eigenvalue weighted by Gasteiger charge is -2.18. The molecule has 0 saturated carbocycles. The quantitative estimate of drug-likeness (QED) is 0.531. The molecule has 0 fully saturated rings. The molecule has 0 heterocycles. The van der Waals surface area contributed by atoms with Crippen molar-refractivity contribution in [3.8, 4) is 17.2 Å². The van der Waals surface area contributed by atoms with E-state index in [4.69, 9.17) is 14.2 Å². The van der Waals surface area contributed by atoms with Crippen LogP contribution in [0.15, 0.2) is 42.5 Å². The van der Waals surface area contributed by atoms with Gasteiger partial charge in [-0.3, -0.25) is 14.9 Å². The largest absolute Gasteiger partial charge is 0.493 e. The SMILES string of the molecule is COc1ccc(CN(C)C(=O)COc2ccc([N+](=O)[O-])cc2)cc1OC. The van der Waals surface area contributed by atoms with E-state index in [9.17, 15) is 14.9 Å². The van der Waals surface area contributed by atoms with Crippen LogP contribution in [-0.4, -0.2) is 43.6 Å². The number of hydrogen-bond acceptors (Lipinski definition) is 6. The summed E-state index contributed by atoms with van der Waals surface area (Å²) in [6.45, 7) is 0.213. The molecule has 0 N–H and O–H groups in total. The Labute approximate surface area is 151 Å². The van der Waals surface area contributed by atoms with Crippen LogP contribution in [0, 0.1) is 10.1 Å². The second-order valence-electron chi connectivity index (χ2n) is 5.48. The number of carbonyl (C=O) groups excluding carboxylic acids is 1. The first-order valence-electron chi connectivity index (χ1n) is 7.76. The van der Waals surface area contributed by atoms with Crippen LogP contribution in [-0.2, 0) is 11.3 Å². The molecular weight excluding hydrogens is 340 g/mol. The Morgan fingerprint density at radius 2 is 1.73 bits per heavy atom. The molecular formula is C18H20N2O6. The van der Waals surface area contributed by atoms with E-state index < -0.39 is 4.92 Å². The third-order valence-corrected chi connectivity index (χ3v) is 3.70. The number of amides is 1. The van der Waals surface area contributed by atoms with Crippen LogP contribution in [0.3, 0.4) is 0 Å². The van der Waals surface area contributed by atoms with Crippen LogP contribution in [0.5, 0.6) is 17.2 Å². The van der Waals surface area contributed by atoms with Gasteiger partial charge in [0.25, 0.3) is 11.6 Å². The normalized spacial score (nSPS) is 10.1. The monoisotopic (exact) mass is 360 g/mol. The van der Waals surface area contributed by atoms with Gasteiger partial charge in [0.05, 0.1) is 19.1 Å². The maximum Gasteiger partial charge on any atom is 0.269 e. The topological polar surface area (TPSA) is 91.1 Å². The first-order chi connectivity index (χ1) is 12.4. The Morgan fingerprint density at radius 1 is 1.08 bits per heavy atom. The average Bonchev–Trinajstić information content (AvgIpc) is 2.66. The van der Waals surface area contributed by atoms with Gasteiger partial charge >= 0.3 is 0 Å². The zero-order valence-corrected chi connectivity index (χ0v) is 14.8. The van der Waals surface area contributed by atoms with E-state index in [2.05, 4.69) is 0 Å².